The van der Waals surface area contributed by atoms with Crippen LogP contribution in [0.2, 0.25) is 0 Å². The van der Waals surface area contributed by atoms with Gasteiger partial charge in [0, 0.05) is 16.3 Å². The molecule has 0 atom stereocenters. The second-order valence-corrected chi connectivity index (χ2v) is 7.03. The van der Waals surface area contributed by atoms with Gasteiger partial charge in [0.15, 0.2) is 0 Å². The average Bonchev–Trinajstić information content (AvgIpc) is 2.70. The van der Waals surface area contributed by atoms with Crippen molar-refractivity contribution in [3.63, 3.8) is 0 Å². The Morgan fingerprint density at radius 3 is 2.68 bits per heavy atom. The summed E-state index contributed by atoms with van der Waals surface area (Å²) in [5.41, 5.74) is 1.93. The standard InChI is InChI=1S/C19H23NOS/c1-3-19(4-2)14-22-17-13-9-8-12-16(17)20(18(19)21)15-10-6-5-7-11-15/h5-6,8-10,12-13H,3-4,7,11,14H2,1-2H3. The van der Waals surface area contributed by atoms with E-state index in [1.165, 1.54) is 4.90 Å². The summed E-state index contributed by atoms with van der Waals surface area (Å²) in [4.78, 5) is 16.7. The normalized spacial score (nSPS) is 20.4. The van der Waals surface area contributed by atoms with Crippen molar-refractivity contribution in [1.82, 2.24) is 0 Å². The molecule has 3 rings (SSSR count). The van der Waals surface area contributed by atoms with Gasteiger partial charge in [0.2, 0.25) is 5.91 Å². The first-order chi connectivity index (χ1) is 10.7. The number of anilines is 1. The number of fused-ring (bicyclic) bond motifs is 1. The molecule has 1 aliphatic heterocycles. The molecule has 3 heteroatoms. The summed E-state index contributed by atoms with van der Waals surface area (Å²) in [5.74, 6) is 1.15. The lowest BCUT2D eigenvalue weighted by Crippen LogP contribution is -2.44. The van der Waals surface area contributed by atoms with Crippen LogP contribution >= 0.6 is 11.8 Å². The molecule has 1 aromatic rings. The van der Waals surface area contributed by atoms with Crippen molar-refractivity contribution in [1.29, 1.82) is 0 Å². The van der Waals surface area contributed by atoms with Crippen LogP contribution in [-0.4, -0.2) is 11.7 Å². The number of nitrogens with zero attached hydrogens (tertiary/aromatic N) is 1. The molecule has 0 radical (unpaired) electrons. The summed E-state index contributed by atoms with van der Waals surface area (Å²) in [6, 6.07) is 8.32. The van der Waals surface area contributed by atoms with E-state index in [4.69, 9.17) is 0 Å². The average molecular weight is 313 g/mol. The number of rotatable bonds is 3. The number of carbonyl (C=O) groups excluding carboxylic acids is 1. The van der Waals surface area contributed by atoms with Crippen LogP contribution in [0.1, 0.15) is 39.5 Å². The molecule has 1 aromatic carbocycles. The number of para-hydroxylation sites is 1. The van der Waals surface area contributed by atoms with Crippen molar-refractivity contribution in [2.45, 2.75) is 44.4 Å². The zero-order valence-electron chi connectivity index (χ0n) is 13.3. The molecule has 0 saturated carbocycles. The van der Waals surface area contributed by atoms with E-state index in [9.17, 15) is 4.79 Å². The highest BCUT2D eigenvalue weighted by Gasteiger charge is 2.42. The van der Waals surface area contributed by atoms with Crippen molar-refractivity contribution in [3.05, 3.63) is 48.2 Å². The molecule has 0 saturated heterocycles. The first-order valence-electron chi connectivity index (χ1n) is 8.14. The van der Waals surface area contributed by atoms with E-state index in [1.807, 2.05) is 22.7 Å². The van der Waals surface area contributed by atoms with Crippen LogP contribution in [0.25, 0.3) is 0 Å². The van der Waals surface area contributed by atoms with Gasteiger partial charge in [-0.2, -0.15) is 0 Å². The summed E-state index contributed by atoms with van der Waals surface area (Å²) >= 11 is 1.83. The fourth-order valence-corrected chi connectivity index (χ4v) is 4.65. The van der Waals surface area contributed by atoms with E-state index in [-0.39, 0.29) is 11.3 Å². The third-order valence-corrected chi connectivity index (χ3v) is 6.25. The van der Waals surface area contributed by atoms with E-state index in [0.29, 0.717) is 0 Å². The molecule has 0 unspecified atom stereocenters. The number of amides is 1. The Kier molecular flexibility index (Phi) is 4.44. The lowest BCUT2D eigenvalue weighted by molar-refractivity contribution is -0.127. The summed E-state index contributed by atoms with van der Waals surface area (Å²) in [5, 5.41) is 0. The SMILES string of the molecule is CCC1(CC)CSc2ccccc2N(C2=CC=CCC2)C1=O. The van der Waals surface area contributed by atoms with Gasteiger partial charge in [-0.1, -0.05) is 38.1 Å². The van der Waals surface area contributed by atoms with Crippen molar-refractivity contribution in [3.8, 4) is 0 Å². The lowest BCUT2D eigenvalue weighted by Gasteiger charge is -2.35. The first kappa shape index (κ1) is 15.4. The number of carbonyl (C=O) groups is 1. The Morgan fingerprint density at radius 1 is 1.23 bits per heavy atom. The number of benzene rings is 1. The third kappa shape index (κ3) is 2.52. The predicted molar refractivity (Wildman–Crippen MR) is 94.1 cm³/mol. The molecule has 0 N–H and O–H groups in total. The van der Waals surface area contributed by atoms with E-state index < -0.39 is 0 Å². The van der Waals surface area contributed by atoms with E-state index in [0.717, 1.165) is 42.8 Å². The molecule has 2 aliphatic rings. The van der Waals surface area contributed by atoms with Crippen molar-refractivity contribution in [2.75, 3.05) is 10.7 Å². The van der Waals surface area contributed by atoms with Crippen LogP contribution < -0.4 is 4.90 Å². The van der Waals surface area contributed by atoms with Crippen molar-refractivity contribution >= 4 is 23.4 Å². The minimum absolute atomic E-state index is 0.258. The summed E-state index contributed by atoms with van der Waals surface area (Å²) in [6.45, 7) is 4.29. The lowest BCUT2D eigenvalue weighted by atomic mass is 9.82. The minimum Gasteiger partial charge on any atom is -0.283 e. The second-order valence-electron chi connectivity index (χ2n) is 6.01. The maximum absolute atomic E-state index is 13.4. The van der Waals surface area contributed by atoms with Gasteiger partial charge in [-0.3, -0.25) is 9.69 Å². The molecule has 0 bridgehead atoms. The Labute approximate surface area is 137 Å². The predicted octanol–water partition coefficient (Wildman–Crippen LogP) is 5.17. The highest BCUT2D eigenvalue weighted by atomic mass is 32.2. The first-order valence-corrected chi connectivity index (χ1v) is 9.12. The highest BCUT2D eigenvalue weighted by molar-refractivity contribution is 7.99. The van der Waals surface area contributed by atoms with E-state index >= 15 is 0 Å². The van der Waals surface area contributed by atoms with Crippen LogP contribution in [0.5, 0.6) is 0 Å². The zero-order chi connectivity index (χ0) is 15.6. The van der Waals surface area contributed by atoms with Gasteiger partial charge in [-0.15, -0.1) is 11.8 Å². The second kappa shape index (κ2) is 6.33. The van der Waals surface area contributed by atoms with Crippen LogP contribution in [0.3, 0.4) is 0 Å². The molecule has 0 fully saturated rings. The maximum atomic E-state index is 13.4. The Hall–Kier alpha value is -1.48. The molecule has 1 amide bonds. The molecular formula is C19H23NOS. The van der Waals surface area contributed by atoms with Crippen LogP contribution in [0.4, 0.5) is 5.69 Å². The van der Waals surface area contributed by atoms with Gasteiger partial charge >= 0.3 is 0 Å². The largest absolute Gasteiger partial charge is 0.283 e. The molecule has 1 aliphatic carbocycles. The van der Waals surface area contributed by atoms with Crippen molar-refractivity contribution < 1.29 is 4.79 Å². The molecular weight excluding hydrogens is 290 g/mol. The minimum atomic E-state index is -0.258. The monoisotopic (exact) mass is 313 g/mol. The topological polar surface area (TPSA) is 20.3 Å². The number of thioether (sulfide) groups is 1. The van der Waals surface area contributed by atoms with Gasteiger partial charge in [0.1, 0.15) is 0 Å². The fraction of sp³-hybridized carbons (Fsp3) is 0.421. The summed E-state index contributed by atoms with van der Waals surface area (Å²) in [6.07, 6.45) is 10.1. The Bertz CT molecular complexity index is 628. The Morgan fingerprint density at radius 2 is 2.00 bits per heavy atom. The zero-order valence-corrected chi connectivity index (χ0v) is 14.2. The molecule has 1 heterocycles. The summed E-state index contributed by atoms with van der Waals surface area (Å²) in [7, 11) is 0. The quantitative estimate of drug-likeness (QED) is 0.767. The van der Waals surface area contributed by atoms with E-state index in [2.05, 4.69) is 50.3 Å². The summed E-state index contributed by atoms with van der Waals surface area (Å²) < 4.78 is 0. The number of allylic oxidation sites excluding steroid dienone is 4. The van der Waals surface area contributed by atoms with Gasteiger partial charge < -0.3 is 0 Å². The Balaban J connectivity index is 2.14. The van der Waals surface area contributed by atoms with Crippen LogP contribution in [0, 0.1) is 5.41 Å². The highest BCUT2D eigenvalue weighted by Crippen LogP contribution is 2.45. The number of hydrogen-bond donors (Lipinski definition) is 0. The molecule has 22 heavy (non-hydrogen) atoms. The molecule has 0 aromatic heterocycles. The fourth-order valence-electron chi connectivity index (χ4n) is 3.21. The number of hydrogen-bond acceptors (Lipinski definition) is 2. The molecule has 2 nitrogen and oxygen atoms in total. The van der Waals surface area contributed by atoms with E-state index in [1.54, 1.807) is 0 Å². The van der Waals surface area contributed by atoms with Crippen LogP contribution in [-0.2, 0) is 4.79 Å². The smallest absolute Gasteiger partial charge is 0.238 e. The van der Waals surface area contributed by atoms with Crippen LogP contribution in [0.15, 0.2) is 53.1 Å². The molecule has 116 valence electrons. The van der Waals surface area contributed by atoms with Gasteiger partial charge in [0.25, 0.3) is 0 Å². The van der Waals surface area contributed by atoms with Gasteiger partial charge in [0.05, 0.1) is 11.1 Å². The third-order valence-electron chi connectivity index (χ3n) is 4.90. The molecule has 0 spiro atoms. The van der Waals surface area contributed by atoms with Gasteiger partial charge in [-0.25, -0.2) is 0 Å². The van der Waals surface area contributed by atoms with Gasteiger partial charge in [-0.05, 0) is 43.9 Å². The maximum Gasteiger partial charge on any atom is 0.238 e. The van der Waals surface area contributed by atoms with Crippen molar-refractivity contribution in [2.24, 2.45) is 5.41 Å².